The number of anilines is 1. The molecule has 0 aliphatic carbocycles. The molecule has 1 N–H and O–H groups in total. The second-order valence-corrected chi connectivity index (χ2v) is 3.79. The van der Waals surface area contributed by atoms with E-state index in [9.17, 15) is 9.18 Å². The van der Waals surface area contributed by atoms with Crippen molar-refractivity contribution in [2.75, 3.05) is 31.7 Å². The van der Waals surface area contributed by atoms with E-state index in [4.69, 9.17) is 16.3 Å². The number of nitrogens with one attached hydrogen (secondary N) is 1. The second-order valence-electron chi connectivity index (χ2n) is 3.38. The van der Waals surface area contributed by atoms with Gasteiger partial charge >= 0.3 is 5.97 Å². The Kier molecular flexibility index (Phi) is 6.46. The van der Waals surface area contributed by atoms with Gasteiger partial charge in [0.15, 0.2) is 0 Å². The lowest BCUT2D eigenvalue weighted by atomic mass is 10.3. The average molecular weight is 276 g/mol. The fraction of sp³-hybridized carbons (Fsp3) is 0.417. The summed E-state index contributed by atoms with van der Waals surface area (Å²) >= 11 is 5.82. The molecular weight excluding hydrogens is 261 g/mol. The monoisotopic (exact) mass is 275 g/mol. The fourth-order valence-electron chi connectivity index (χ4n) is 1.27. The molecule has 0 amide bonds. The molecule has 1 rings (SSSR count). The van der Waals surface area contributed by atoms with Crippen LogP contribution in [0.5, 0.6) is 0 Å². The highest BCUT2D eigenvalue weighted by Crippen LogP contribution is 2.23. The van der Waals surface area contributed by atoms with E-state index < -0.39 is 11.8 Å². The zero-order valence-corrected chi connectivity index (χ0v) is 10.8. The van der Waals surface area contributed by atoms with Crippen LogP contribution in [-0.2, 0) is 14.3 Å². The Hall–Kier alpha value is -1.33. The quantitative estimate of drug-likeness (QED) is 0.613. The van der Waals surface area contributed by atoms with Gasteiger partial charge in [-0.1, -0.05) is 17.7 Å². The molecule has 0 bridgehead atoms. The van der Waals surface area contributed by atoms with E-state index in [-0.39, 0.29) is 18.9 Å². The van der Waals surface area contributed by atoms with Crippen LogP contribution in [-0.4, -0.2) is 32.3 Å². The van der Waals surface area contributed by atoms with E-state index in [1.807, 2.05) is 0 Å². The van der Waals surface area contributed by atoms with Crippen molar-refractivity contribution in [2.24, 2.45) is 0 Å². The van der Waals surface area contributed by atoms with Crippen LogP contribution < -0.4 is 5.32 Å². The normalized spacial score (nSPS) is 10.2. The number of rotatable bonds is 7. The van der Waals surface area contributed by atoms with Crippen molar-refractivity contribution >= 4 is 23.3 Å². The molecule has 0 saturated heterocycles. The summed E-state index contributed by atoms with van der Waals surface area (Å²) in [7, 11) is 0. The molecule has 1 aromatic rings. The van der Waals surface area contributed by atoms with Gasteiger partial charge in [0.1, 0.15) is 12.4 Å². The molecule has 0 spiro atoms. The smallest absolute Gasteiger partial charge is 0.332 e. The second kappa shape index (κ2) is 7.89. The van der Waals surface area contributed by atoms with Crippen molar-refractivity contribution in [1.82, 2.24) is 0 Å². The Morgan fingerprint density at radius 2 is 2.28 bits per heavy atom. The first-order chi connectivity index (χ1) is 8.65. The zero-order valence-electron chi connectivity index (χ0n) is 10.0. The predicted octanol–water partition coefficient (Wildman–Crippen LogP) is 2.47. The fourth-order valence-corrected chi connectivity index (χ4v) is 1.50. The number of carbonyl (C=O) groups excluding carboxylic acids is 1. The van der Waals surface area contributed by atoms with Gasteiger partial charge in [0, 0.05) is 6.54 Å². The van der Waals surface area contributed by atoms with E-state index in [1.54, 1.807) is 13.0 Å². The Bertz CT molecular complexity index is 381. The summed E-state index contributed by atoms with van der Waals surface area (Å²) in [5.41, 5.74) is 0.235. The largest absolute Gasteiger partial charge is 0.464 e. The minimum atomic E-state index is -0.423. The first-order valence-corrected chi connectivity index (χ1v) is 5.94. The van der Waals surface area contributed by atoms with Gasteiger partial charge in [0.05, 0.1) is 23.9 Å². The van der Waals surface area contributed by atoms with E-state index >= 15 is 0 Å². The number of halogens is 2. The minimum absolute atomic E-state index is 0.111. The molecule has 18 heavy (non-hydrogen) atoms. The first kappa shape index (κ1) is 14.7. The standard InChI is InChI=1S/C12H15ClFNO3/c1-2-18-11(16)8-17-7-6-15-12-9(13)4-3-5-10(12)14/h3-5,15H,2,6-8H2,1H3. The molecule has 4 nitrogen and oxygen atoms in total. The Balaban J connectivity index is 2.24. The topological polar surface area (TPSA) is 47.6 Å². The number of carbonyl (C=O) groups is 1. The van der Waals surface area contributed by atoms with Gasteiger partial charge in [-0.2, -0.15) is 0 Å². The van der Waals surface area contributed by atoms with Gasteiger partial charge in [0.2, 0.25) is 0 Å². The number of hydrogen-bond acceptors (Lipinski definition) is 4. The van der Waals surface area contributed by atoms with Crippen LogP contribution in [0.1, 0.15) is 6.92 Å². The Labute approximate surface area is 110 Å². The van der Waals surface area contributed by atoms with Crippen molar-refractivity contribution in [3.05, 3.63) is 29.0 Å². The van der Waals surface area contributed by atoms with E-state index in [0.717, 1.165) is 0 Å². The maximum atomic E-state index is 13.3. The maximum Gasteiger partial charge on any atom is 0.332 e. The van der Waals surface area contributed by atoms with Crippen LogP contribution in [0.3, 0.4) is 0 Å². The van der Waals surface area contributed by atoms with Gasteiger partial charge < -0.3 is 14.8 Å². The van der Waals surface area contributed by atoms with Crippen molar-refractivity contribution < 1.29 is 18.7 Å². The Morgan fingerprint density at radius 3 is 2.94 bits per heavy atom. The molecule has 0 aromatic heterocycles. The molecule has 100 valence electrons. The molecule has 0 aliphatic rings. The van der Waals surface area contributed by atoms with Gasteiger partial charge in [-0.05, 0) is 19.1 Å². The van der Waals surface area contributed by atoms with Crippen LogP contribution in [0, 0.1) is 5.82 Å². The summed E-state index contributed by atoms with van der Waals surface area (Å²) in [6.45, 7) is 2.54. The average Bonchev–Trinajstić information content (AvgIpc) is 2.32. The third-order valence-electron chi connectivity index (χ3n) is 2.04. The number of hydrogen-bond donors (Lipinski definition) is 1. The summed E-state index contributed by atoms with van der Waals surface area (Å²) < 4.78 is 23.1. The number of para-hydroxylation sites is 1. The summed E-state index contributed by atoms with van der Waals surface area (Å²) in [5.74, 6) is -0.839. The van der Waals surface area contributed by atoms with Crippen LogP contribution in [0.2, 0.25) is 5.02 Å². The summed E-state index contributed by atoms with van der Waals surface area (Å²) in [5, 5.41) is 3.11. The molecule has 0 saturated carbocycles. The molecule has 0 fully saturated rings. The molecule has 0 heterocycles. The highest BCUT2D eigenvalue weighted by Gasteiger charge is 2.06. The van der Waals surface area contributed by atoms with Gasteiger partial charge in [-0.25, -0.2) is 9.18 Å². The molecular formula is C12H15ClFNO3. The van der Waals surface area contributed by atoms with Gasteiger partial charge in [0.25, 0.3) is 0 Å². The van der Waals surface area contributed by atoms with Crippen LogP contribution >= 0.6 is 11.6 Å². The third-order valence-corrected chi connectivity index (χ3v) is 2.35. The highest BCUT2D eigenvalue weighted by atomic mass is 35.5. The van der Waals surface area contributed by atoms with E-state index in [1.165, 1.54) is 12.1 Å². The predicted molar refractivity (Wildman–Crippen MR) is 67.4 cm³/mol. The third kappa shape index (κ3) is 4.89. The molecule has 0 aliphatic heterocycles. The molecule has 6 heteroatoms. The van der Waals surface area contributed by atoms with Crippen molar-refractivity contribution in [3.63, 3.8) is 0 Å². The maximum absolute atomic E-state index is 13.3. The van der Waals surface area contributed by atoms with Gasteiger partial charge in [-0.3, -0.25) is 0 Å². The van der Waals surface area contributed by atoms with E-state index in [2.05, 4.69) is 10.1 Å². The van der Waals surface area contributed by atoms with Gasteiger partial charge in [-0.15, -0.1) is 0 Å². The van der Waals surface area contributed by atoms with Crippen molar-refractivity contribution in [1.29, 1.82) is 0 Å². The lowest BCUT2D eigenvalue weighted by molar-refractivity contribution is -0.148. The van der Waals surface area contributed by atoms with Crippen molar-refractivity contribution in [2.45, 2.75) is 6.92 Å². The molecule has 1 aromatic carbocycles. The van der Waals surface area contributed by atoms with E-state index in [0.29, 0.717) is 18.2 Å². The molecule has 0 unspecified atom stereocenters. The Morgan fingerprint density at radius 1 is 1.50 bits per heavy atom. The summed E-state index contributed by atoms with van der Waals surface area (Å²) in [6, 6.07) is 4.43. The SMILES string of the molecule is CCOC(=O)COCCNc1c(F)cccc1Cl. The van der Waals surface area contributed by atoms with Crippen LogP contribution in [0.25, 0.3) is 0 Å². The lowest BCUT2D eigenvalue weighted by Gasteiger charge is -2.09. The van der Waals surface area contributed by atoms with Crippen LogP contribution in [0.15, 0.2) is 18.2 Å². The van der Waals surface area contributed by atoms with Crippen LogP contribution in [0.4, 0.5) is 10.1 Å². The summed E-state index contributed by atoms with van der Waals surface area (Å²) in [4.78, 5) is 10.9. The lowest BCUT2D eigenvalue weighted by Crippen LogP contribution is -2.17. The molecule has 0 atom stereocenters. The van der Waals surface area contributed by atoms with Crippen molar-refractivity contribution in [3.8, 4) is 0 Å². The zero-order chi connectivity index (χ0) is 13.4. The number of esters is 1. The number of ether oxygens (including phenoxy) is 2. The summed E-state index contributed by atoms with van der Waals surface area (Å²) in [6.07, 6.45) is 0. The first-order valence-electron chi connectivity index (χ1n) is 5.56. The highest BCUT2D eigenvalue weighted by molar-refractivity contribution is 6.33. The number of benzene rings is 1. The minimum Gasteiger partial charge on any atom is -0.464 e. The molecule has 0 radical (unpaired) electrons.